The lowest BCUT2D eigenvalue weighted by atomic mass is 9.72. The van der Waals surface area contributed by atoms with Gasteiger partial charge in [0.05, 0.1) is 49.1 Å². The molecular weight excluding hydrogens is 736 g/mol. The van der Waals surface area contributed by atoms with Gasteiger partial charge in [0.15, 0.2) is 24.8 Å². The summed E-state index contributed by atoms with van der Waals surface area (Å²) >= 11 is 0. The molecule has 0 aromatic heterocycles. The molecule has 19 heteroatoms. The smallest absolute Gasteiger partial charge is 0.330 e. The maximum Gasteiger partial charge on any atom is 0.330 e. The number of hydrogen-bond donors (Lipinski definition) is 12. The average molecular weight is 796 g/mol. The first-order valence-corrected chi connectivity index (χ1v) is 19.4. The van der Waals surface area contributed by atoms with Gasteiger partial charge in [0.2, 0.25) is 0 Å². The maximum absolute atomic E-state index is 12.5. The van der Waals surface area contributed by atoms with Crippen molar-refractivity contribution in [2.45, 2.75) is 174 Å². The van der Waals surface area contributed by atoms with E-state index in [1.165, 1.54) is 6.08 Å². The first kappa shape index (κ1) is 43.1. The fourth-order valence-corrected chi connectivity index (χ4v) is 9.07. The predicted molar refractivity (Wildman–Crippen MR) is 182 cm³/mol. The predicted octanol–water partition coefficient (Wildman–Crippen LogP) is -5.05. The Morgan fingerprint density at radius 2 is 1.33 bits per heavy atom. The van der Waals surface area contributed by atoms with Crippen molar-refractivity contribution in [3.05, 3.63) is 12.2 Å². The van der Waals surface area contributed by atoms with E-state index in [4.69, 9.17) is 28.4 Å². The lowest BCUT2D eigenvalue weighted by Crippen LogP contribution is -2.66. The quantitative estimate of drug-likeness (QED) is 0.0559. The van der Waals surface area contributed by atoms with E-state index >= 15 is 0 Å². The van der Waals surface area contributed by atoms with Gasteiger partial charge in [0, 0.05) is 24.8 Å². The Bertz CT molecular complexity index is 1280. The van der Waals surface area contributed by atoms with Crippen LogP contribution < -0.4 is 0 Å². The van der Waals surface area contributed by atoms with Gasteiger partial charge in [-0.15, -0.1) is 0 Å². The van der Waals surface area contributed by atoms with Crippen molar-refractivity contribution < 1.29 is 94.5 Å². The van der Waals surface area contributed by atoms with Gasteiger partial charge in [-0.2, -0.15) is 0 Å². The van der Waals surface area contributed by atoms with E-state index in [0.29, 0.717) is 32.1 Å². The number of fused-ring (bicyclic) bond motifs is 1. The second-order valence-corrected chi connectivity index (χ2v) is 16.2. The molecule has 13 N–H and O–H groups in total. The van der Waals surface area contributed by atoms with E-state index in [2.05, 4.69) is 0 Å². The van der Waals surface area contributed by atoms with Crippen molar-refractivity contribution in [2.24, 2.45) is 17.8 Å². The maximum atomic E-state index is 12.5. The lowest BCUT2D eigenvalue weighted by Gasteiger charge is -2.49. The van der Waals surface area contributed by atoms with Crippen molar-refractivity contribution in [1.82, 2.24) is 0 Å². The molecule has 0 amide bonds. The van der Waals surface area contributed by atoms with E-state index < -0.39 is 141 Å². The van der Waals surface area contributed by atoms with Gasteiger partial charge in [0.25, 0.3) is 0 Å². The summed E-state index contributed by atoms with van der Waals surface area (Å²) in [5.74, 6) is -1.74. The van der Waals surface area contributed by atoms with Crippen LogP contribution in [0.25, 0.3) is 0 Å². The Morgan fingerprint density at radius 1 is 0.655 bits per heavy atom. The lowest BCUT2D eigenvalue weighted by molar-refractivity contribution is -0.387. The van der Waals surface area contributed by atoms with Gasteiger partial charge in [-0.05, 0) is 50.9 Å². The topological polar surface area (TPSA) is 319 Å². The van der Waals surface area contributed by atoms with E-state index in [-0.39, 0.29) is 37.5 Å². The van der Waals surface area contributed by atoms with Crippen LogP contribution in [0.3, 0.4) is 0 Å². The standard InChI is InChI=1S/C36H58O19/c37-12-25-28(45)31(48)34(55-35-32(49)30(47)29(46)26(54-35)13-50-27(44)6-2-14-1-4-18(39)21(42)7-14)36(53-25)52-24-11-17-20(41)9-16(38)10-23(17)51-33(24)15-3-5-19(40)22(43)8-15/h2,6,14-26,28-43,45-49H,1,3-5,7-13H2/p+1. The Labute approximate surface area is 317 Å². The third kappa shape index (κ3) is 9.88. The third-order valence-electron chi connectivity index (χ3n) is 12.4. The molecule has 0 aromatic carbocycles. The molecule has 3 saturated carbocycles. The molecule has 3 aliphatic heterocycles. The van der Waals surface area contributed by atoms with E-state index in [1.807, 2.05) is 0 Å². The summed E-state index contributed by atoms with van der Waals surface area (Å²) in [5, 5.41) is 126. The van der Waals surface area contributed by atoms with Gasteiger partial charge in [-0.3, -0.25) is 0 Å². The molecule has 6 rings (SSSR count). The average Bonchev–Trinajstić information content (AvgIpc) is 3.15. The van der Waals surface area contributed by atoms with Crippen molar-refractivity contribution in [3.8, 4) is 0 Å². The number of carbonyl (C=O) groups excluding carboxylic acids is 1. The fourth-order valence-electron chi connectivity index (χ4n) is 9.07. The van der Waals surface area contributed by atoms with Gasteiger partial charge in [0.1, 0.15) is 61.5 Å². The van der Waals surface area contributed by atoms with Crippen molar-refractivity contribution in [2.75, 3.05) is 13.2 Å². The largest absolute Gasteiger partial charge is 0.460 e. The van der Waals surface area contributed by atoms with Crippen LogP contribution in [0, 0.1) is 17.8 Å². The molecule has 6 aliphatic rings. The minimum atomic E-state index is -1.92. The number of aliphatic hydroxyl groups is 14. The molecule has 0 bridgehead atoms. The Morgan fingerprint density at radius 3 is 2.02 bits per heavy atom. The van der Waals surface area contributed by atoms with Crippen molar-refractivity contribution >= 4 is 5.97 Å². The third-order valence-corrected chi connectivity index (χ3v) is 12.4. The molecule has 0 spiro atoms. The minimum Gasteiger partial charge on any atom is -0.460 e. The molecule has 19 nitrogen and oxygen atoms in total. The zero-order valence-electron chi connectivity index (χ0n) is 30.4. The highest BCUT2D eigenvalue weighted by Crippen LogP contribution is 2.42. The zero-order chi connectivity index (χ0) is 39.7. The number of esters is 1. The summed E-state index contributed by atoms with van der Waals surface area (Å²) in [5.41, 5.74) is 0. The number of aliphatic hydroxyl groups excluding tert-OH is 12. The molecule has 55 heavy (non-hydrogen) atoms. The fraction of sp³-hybridized carbons (Fsp3) is 0.917. The second kappa shape index (κ2) is 18.6. The summed E-state index contributed by atoms with van der Waals surface area (Å²) in [7, 11) is 0. The summed E-state index contributed by atoms with van der Waals surface area (Å²) in [4.78, 5) is 12.5. The van der Waals surface area contributed by atoms with Gasteiger partial charge < -0.3 is 89.7 Å². The van der Waals surface area contributed by atoms with Gasteiger partial charge >= 0.3 is 5.97 Å². The normalized spacial score (nSPS) is 51.1. The molecule has 6 fully saturated rings. The van der Waals surface area contributed by atoms with Crippen LogP contribution >= 0.6 is 0 Å². The molecule has 3 heterocycles. The molecule has 0 radical (unpaired) electrons. The van der Waals surface area contributed by atoms with Crippen LogP contribution in [0.15, 0.2) is 12.2 Å². The van der Waals surface area contributed by atoms with Gasteiger partial charge in [-0.25, -0.2) is 4.79 Å². The Kier molecular flexibility index (Phi) is 14.6. The van der Waals surface area contributed by atoms with Crippen molar-refractivity contribution in [1.29, 1.82) is 0 Å². The van der Waals surface area contributed by atoms with Crippen LogP contribution in [0.4, 0.5) is 0 Å². The highest BCUT2D eigenvalue weighted by atomic mass is 16.8. The van der Waals surface area contributed by atoms with Crippen molar-refractivity contribution in [3.63, 3.8) is 0 Å². The number of carbonyl (C=O) groups is 1. The summed E-state index contributed by atoms with van der Waals surface area (Å²) in [6.07, 6.45) is -18.9. The van der Waals surface area contributed by atoms with Crippen LogP contribution in [-0.2, 0) is 28.5 Å². The van der Waals surface area contributed by atoms with E-state index in [9.17, 15) is 66.1 Å². The minimum absolute atomic E-state index is 0.124. The van der Waals surface area contributed by atoms with Crippen LogP contribution in [0.2, 0.25) is 0 Å². The van der Waals surface area contributed by atoms with Crippen LogP contribution in [-0.4, -0.2) is 202 Å². The molecule has 22 atom stereocenters. The zero-order valence-corrected chi connectivity index (χ0v) is 30.4. The SMILES string of the molecule is O=C(C=CC1CCC(O)C(O)C1)OCC1OC(OC2C(OC3CC4C(O)CC(O)CC4[OH+]C3C3CCC(O)C(O)C3)OC(CO)C(O)C2O)C(O)C(O)C1O. The highest BCUT2D eigenvalue weighted by Gasteiger charge is 2.56. The Hall–Kier alpha value is -1.47. The number of hydrogen-bond acceptors (Lipinski definition) is 18. The first-order chi connectivity index (χ1) is 26.1. The Balaban J connectivity index is 1.16. The summed E-state index contributed by atoms with van der Waals surface area (Å²) < 4.78 is 34.3. The summed E-state index contributed by atoms with van der Waals surface area (Å²) in [6.45, 7) is -1.35. The number of ether oxygens (including phenoxy) is 6. The highest BCUT2D eigenvalue weighted by molar-refractivity contribution is 5.81. The molecule has 3 saturated heterocycles. The molecular formula is C36H59O19+. The monoisotopic (exact) mass is 795 g/mol. The number of rotatable bonds is 10. The second-order valence-electron chi connectivity index (χ2n) is 16.2. The molecule has 0 aromatic rings. The summed E-state index contributed by atoms with van der Waals surface area (Å²) in [6, 6.07) is 0. The van der Waals surface area contributed by atoms with Gasteiger partial charge in [-0.1, -0.05) is 6.08 Å². The molecule has 22 unspecified atom stereocenters. The number of allylic oxidation sites excluding steroid dienone is 1. The van der Waals surface area contributed by atoms with Crippen LogP contribution in [0.1, 0.15) is 57.8 Å². The molecule has 316 valence electrons. The molecule has 3 aliphatic carbocycles. The first-order valence-electron chi connectivity index (χ1n) is 19.4. The van der Waals surface area contributed by atoms with E-state index in [0.717, 1.165) is 6.08 Å². The van der Waals surface area contributed by atoms with E-state index in [1.54, 1.807) is 0 Å². The van der Waals surface area contributed by atoms with Crippen LogP contribution in [0.5, 0.6) is 0 Å².